The van der Waals surface area contributed by atoms with E-state index in [9.17, 15) is 0 Å². The third kappa shape index (κ3) is 13.9. The van der Waals surface area contributed by atoms with Gasteiger partial charge in [-0.15, -0.1) is 0 Å². The Bertz CT molecular complexity index is 398. The van der Waals surface area contributed by atoms with Gasteiger partial charge in [0.1, 0.15) is 0 Å². The Morgan fingerprint density at radius 2 is 1.09 bits per heavy atom. The van der Waals surface area contributed by atoms with E-state index in [2.05, 4.69) is 72.3 Å². The standard InChI is InChI=1S/C22H37/c1-7-8-13-20(4)15-10-17-22(6)18-11-16-21(5)14-9-12-19(2)3/h8,12-13,16-17H,7,9-11,14-15,18H2,1-6H3/b20-13+,21-16+,22-17+. The average molecular weight is 302 g/mol. The molecule has 0 N–H and O–H groups in total. The van der Waals surface area contributed by atoms with Gasteiger partial charge in [0.25, 0.3) is 0 Å². The van der Waals surface area contributed by atoms with E-state index >= 15 is 0 Å². The second kappa shape index (κ2) is 13.6. The maximum absolute atomic E-state index is 2.41. The zero-order valence-corrected chi connectivity index (χ0v) is 15.8. The van der Waals surface area contributed by atoms with Crippen LogP contribution in [0.4, 0.5) is 0 Å². The molecule has 0 saturated carbocycles. The molecule has 0 aromatic heterocycles. The van der Waals surface area contributed by atoms with Gasteiger partial charge >= 0.3 is 0 Å². The Kier molecular flexibility index (Phi) is 13.0. The van der Waals surface area contributed by atoms with Gasteiger partial charge in [0.05, 0.1) is 0 Å². The van der Waals surface area contributed by atoms with Gasteiger partial charge in [-0.05, 0) is 86.0 Å². The van der Waals surface area contributed by atoms with E-state index in [0.717, 1.165) is 6.42 Å². The molecule has 0 nitrogen and oxygen atoms in total. The van der Waals surface area contributed by atoms with Gasteiger partial charge in [-0.2, -0.15) is 0 Å². The van der Waals surface area contributed by atoms with Crippen molar-refractivity contribution in [2.75, 3.05) is 0 Å². The fourth-order valence-electron chi connectivity index (χ4n) is 2.29. The summed E-state index contributed by atoms with van der Waals surface area (Å²) in [5.74, 6) is 0. The summed E-state index contributed by atoms with van der Waals surface area (Å²) in [5.41, 5.74) is 5.97. The average Bonchev–Trinajstić information content (AvgIpc) is 2.44. The molecule has 0 saturated heterocycles. The molecule has 0 rings (SSSR count). The van der Waals surface area contributed by atoms with Crippen molar-refractivity contribution >= 4 is 0 Å². The zero-order valence-electron chi connectivity index (χ0n) is 15.8. The number of hydrogen-bond acceptors (Lipinski definition) is 0. The van der Waals surface area contributed by atoms with E-state index in [0.29, 0.717) is 0 Å². The summed E-state index contributed by atoms with van der Waals surface area (Å²) in [6, 6.07) is 0. The Morgan fingerprint density at radius 3 is 1.55 bits per heavy atom. The van der Waals surface area contributed by atoms with Crippen LogP contribution in [-0.2, 0) is 0 Å². The van der Waals surface area contributed by atoms with E-state index in [-0.39, 0.29) is 0 Å². The fraction of sp³-hybridized carbons (Fsp3) is 0.591. The summed E-state index contributed by atoms with van der Waals surface area (Å²) >= 11 is 0. The normalized spacial score (nSPS) is 13.5. The summed E-state index contributed by atoms with van der Waals surface area (Å²) in [6.07, 6.45) is 19.9. The molecule has 0 spiro atoms. The maximum atomic E-state index is 2.41. The molecule has 0 aliphatic heterocycles. The smallest absolute Gasteiger partial charge is 0.0171 e. The van der Waals surface area contributed by atoms with Gasteiger partial charge in [0.15, 0.2) is 0 Å². The minimum Gasteiger partial charge on any atom is -0.0856 e. The lowest BCUT2D eigenvalue weighted by atomic mass is 10.0. The molecule has 0 aromatic rings. The Labute approximate surface area is 140 Å². The van der Waals surface area contributed by atoms with Crippen LogP contribution in [0.2, 0.25) is 0 Å². The molecular formula is C22H37. The minimum absolute atomic E-state index is 1.13. The monoisotopic (exact) mass is 301 g/mol. The predicted octanol–water partition coefficient (Wildman–Crippen LogP) is 7.75. The largest absolute Gasteiger partial charge is 0.0856 e. The molecule has 0 fully saturated rings. The Balaban J connectivity index is 3.94. The van der Waals surface area contributed by atoms with Crippen LogP contribution >= 0.6 is 0 Å². The molecule has 0 heterocycles. The van der Waals surface area contributed by atoms with Gasteiger partial charge < -0.3 is 0 Å². The zero-order chi connectivity index (χ0) is 16.8. The number of hydrogen-bond donors (Lipinski definition) is 0. The molecule has 0 atom stereocenters. The second-order valence-electron chi connectivity index (χ2n) is 6.66. The summed E-state index contributed by atoms with van der Waals surface area (Å²) in [6.45, 7) is 13.3. The first kappa shape index (κ1) is 21.0. The molecule has 22 heavy (non-hydrogen) atoms. The minimum atomic E-state index is 1.13. The molecule has 1 radical (unpaired) electrons. The Hall–Kier alpha value is -1.04. The number of rotatable bonds is 11. The molecule has 0 heteroatoms. The quantitative estimate of drug-likeness (QED) is 0.342. The van der Waals surface area contributed by atoms with Crippen molar-refractivity contribution in [3.63, 3.8) is 0 Å². The molecule has 0 amide bonds. The summed E-state index contributed by atoms with van der Waals surface area (Å²) < 4.78 is 0. The highest BCUT2D eigenvalue weighted by molar-refractivity contribution is 5.09. The lowest BCUT2D eigenvalue weighted by Crippen LogP contribution is -1.82. The van der Waals surface area contributed by atoms with Crippen LogP contribution in [-0.4, -0.2) is 0 Å². The van der Waals surface area contributed by atoms with Crippen molar-refractivity contribution in [3.8, 4) is 0 Å². The van der Waals surface area contributed by atoms with E-state index < -0.39 is 0 Å². The van der Waals surface area contributed by atoms with Gasteiger partial charge in [-0.25, -0.2) is 0 Å². The fourth-order valence-corrected chi connectivity index (χ4v) is 2.29. The summed E-state index contributed by atoms with van der Waals surface area (Å²) in [7, 11) is 0. The summed E-state index contributed by atoms with van der Waals surface area (Å²) in [5, 5.41) is 0. The second-order valence-corrected chi connectivity index (χ2v) is 6.66. The van der Waals surface area contributed by atoms with Crippen molar-refractivity contribution in [1.82, 2.24) is 0 Å². The van der Waals surface area contributed by atoms with Gasteiger partial charge in [-0.3, -0.25) is 0 Å². The van der Waals surface area contributed by atoms with E-state index in [4.69, 9.17) is 0 Å². The van der Waals surface area contributed by atoms with Gasteiger partial charge in [0, 0.05) is 0 Å². The molecule has 0 bridgehead atoms. The predicted molar refractivity (Wildman–Crippen MR) is 103 cm³/mol. The number of unbranched alkanes of at least 4 members (excludes halogenated alkanes) is 1. The Morgan fingerprint density at radius 1 is 0.636 bits per heavy atom. The van der Waals surface area contributed by atoms with Gasteiger partial charge in [-0.1, -0.05) is 53.5 Å². The highest BCUT2D eigenvalue weighted by Crippen LogP contribution is 2.13. The van der Waals surface area contributed by atoms with Crippen LogP contribution < -0.4 is 0 Å². The van der Waals surface area contributed by atoms with Crippen LogP contribution in [0.1, 0.15) is 86.5 Å². The highest BCUT2D eigenvalue weighted by atomic mass is 14.0. The maximum Gasteiger partial charge on any atom is -0.0171 e. The molecule has 125 valence electrons. The SMILES string of the molecule is CC[CH]/C=C(\C)CC/C=C(\C)CC/C=C(\C)CCC=C(C)C. The first-order chi connectivity index (χ1) is 10.5. The topological polar surface area (TPSA) is 0 Å². The number of allylic oxidation sites excluding steroid dienone is 8. The summed E-state index contributed by atoms with van der Waals surface area (Å²) in [4.78, 5) is 0. The molecule has 0 aliphatic rings. The van der Waals surface area contributed by atoms with Crippen molar-refractivity contribution in [2.24, 2.45) is 0 Å². The third-order valence-corrected chi connectivity index (χ3v) is 3.79. The van der Waals surface area contributed by atoms with Crippen LogP contribution in [0.5, 0.6) is 0 Å². The lowest BCUT2D eigenvalue weighted by molar-refractivity contribution is 0.899. The van der Waals surface area contributed by atoms with E-state index in [1.807, 2.05) is 0 Å². The molecule has 0 aromatic carbocycles. The van der Waals surface area contributed by atoms with Gasteiger partial charge in [0.2, 0.25) is 0 Å². The van der Waals surface area contributed by atoms with Crippen LogP contribution in [0.25, 0.3) is 0 Å². The van der Waals surface area contributed by atoms with E-state index in [1.54, 1.807) is 0 Å². The van der Waals surface area contributed by atoms with E-state index in [1.165, 1.54) is 60.8 Å². The van der Waals surface area contributed by atoms with Crippen LogP contribution in [0.3, 0.4) is 0 Å². The first-order valence-electron chi connectivity index (χ1n) is 8.89. The van der Waals surface area contributed by atoms with Crippen molar-refractivity contribution in [3.05, 3.63) is 53.0 Å². The highest BCUT2D eigenvalue weighted by Gasteiger charge is 1.93. The molecule has 0 unspecified atom stereocenters. The van der Waals surface area contributed by atoms with Crippen molar-refractivity contribution in [2.45, 2.75) is 86.5 Å². The molecular weight excluding hydrogens is 264 g/mol. The van der Waals surface area contributed by atoms with Crippen LogP contribution in [0.15, 0.2) is 46.6 Å². The lowest BCUT2D eigenvalue weighted by Gasteiger charge is -2.02. The van der Waals surface area contributed by atoms with Crippen LogP contribution in [0, 0.1) is 6.42 Å². The molecule has 0 aliphatic carbocycles. The van der Waals surface area contributed by atoms with Crippen molar-refractivity contribution in [1.29, 1.82) is 0 Å². The third-order valence-electron chi connectivity index (χ3n) is 3.79. The van der Waals surface area contributed by atoms with Crippen molar-refractivity contribution < 1.29 is 0 Å². The first-order valence-corrected chi connectivity index (χ1v) is 8.89.